The molecule has 0 aliphatic rings. The Morgan fingerprint density at radius 2 is 1.88 bits per heavy atom. The summed E-state index contributed by atoms with van der Waals surface area (Å²) in [5.41, 5.74) is 9.31. The minimum atomic E-state index is -0.592. The quantitative estimate of drug-likeness (QED) is 0.326. The zero-order chi connectivity index (χ0) is 23.6. The number of ether oxygens (including phenoxy) is 1. The van der Waals surface area contributed by atoms with Gasteiger partial charge in [0.05, 0.1) is 17.0 Å². The second-order valence-corrected chi connectivity index (χ2v) is 8.32. The van der Waals surface area contributed by atoms with Gasteiger partial charge in [0.1, 0.15) is 12.4 Å². The van der Waals surface area contributed by atoms with Gasteiger partial charge in [-0.15, -0.1) is 11.3 Å². The van der Waals surface area contributed by atoms with Gasteiger partial charge in [0.15, 0.2) is 0 Å². The first-order valence-electron chi connectivity index (χ1n) is 10.4. The van der Waals surface area contributed by atoms with Crippen LogP contribution in [0.5, 0.6) is 0 Å². The van der Waals surface area contributed by atoms with Gasteiger partial charge in [0, 0.05) is 32.0 Å². The van der Waals surface area contributed by atoms with E-state index in [1.54, 1.807) is 0 Å². The molecular weight excluding hydrogens is 438 g/mol. The standard InChI is InChI=1S/C24H27N5O3S/c1-29(2)20-10-8-18(9-11-20)27-22(30)12-13-32-24(31)26-16-17-5-3-6-19(15-17)28-23(25)21-7-4-14-33-21/h3-11,14-15H,12-13,16H2,1-2H3,(H2,25,28)(H,26,31)(H,27,30). The van der Waals surface area contributed by atoms with Gasteiger partial charge in [0.2, 0.25) is 5.91 Å². The third-order valence-corrected chi connectivity index (χ3v) is 5.49. The number of nitrogens with one attached hydrogen (secondary N) is 2. The summed E-state index contributed by atoms with van der Waals surface area (Å²) >= 11 is 1.52. The van der Waals surface area contributed by atoms with Gasteiger partial charge in [0.25, 0.3) is 0 Å². The molecule has 0 unspecified atom stereocenters. The van der Waals surface area contributed by atoms with E-state index < -0.39 is 6.09 Å². The van der Waals surface area contributed by atoms with Crippen LogP contribution in [0, 0.1) is 0 Å². The van der Waals surface area contributed by atoms with Gasteiger partial charge in [-0.25, -0.2) is 9.79 Å². The van der Waals surface area contributed by atoms with E-state index in [-0.39, 0.29) is 25.5 Å². The summed E-state index contributed by atoms with van der Waals surface area (Å²) in [5, 5.41) is 7.39. The van der Waals surface area contributed by atoms with Crippen molar-refractivity contribution in [3.05, 3.63) is 76.5 Å². The van der Waals surface area contributed by atoms with Gasteiger partial charge >= 0.3 is 6.09 Å². The van der Waals surface area contributed by atoms with Crippen molar-refractivity contribution in [1.29, 1.82) is 0 Å². The Morgan fingerprint density at radius 3 is 2.58 bits per heavy atom. The van der Waals surface area contributed by atoms with Crippen molar-refractivity contribution in [2.45, 2.75) is 13.0 Å². The number of carbonyl (C=O) groups is 2. The molecule has 0 saturated carbocycles. The average Bonchev–Trinajstić information content (AvgIpc) is 3.33. The molecule has 172 valence electrons. The monoisotopic (exact) mass is 465 g/mol. The second kappa shape index (κ2) is 11.7. The number of anilines is 2. The van der Waals surface area contributed by atoms with Crippen LogP contribution >= 0.6 is 11.3 Å². The molecule has 0 radical (unpaired) electrons. The van der Waals surface area contributed by atoms with Crippen LogP contribution in [0.4, 0.5) is 21.9 Å². The summed E-state index contributed by atoms with van der Waals surface area (Å²) in [4.78, 5) is 31.3. The Balaban J connectivity index is 1.40. The highest BCUT2D eigenvalue weighted by atomic mass is 32.1. The lowest BCUT2D eigenvalue weighted by Crippen LogP contribution is -2.25. The van der Waals surface area contributed by atoms with E-state index in [9.17, 15) is 9.59 Å². The summed E-state index contributed by atoms with van der Waals surface area (Å²) in [5.74, 6) is 0.218. The zero-order valence-electron chi connectivity index (χ0n) is 18.6. The highest BCUT2D eigenvalue weighted by molar-refractivity contribution is 7.12. The van der Waals surface area contributed by atoms with Crippen LogP contribution in [0.1, 0.15) is 16.9 Å². The molecule has 33 heavy (non-hydrogen) atoms. The van der Waals surface area contributed by atoms with Crippen molar-refractivity contribution < 1.29 is 14.3 Å². The predicted octanol–water partition coefficient (Wildman–Crippen LogP) is 4.11. The van der Waals surface area contributed by atoms with Crippen molar-refractivity contribution in [1.82, 2.24) is 5.32 Å². The molecule has 3 rings (SSSR count). The summed E-state index contributed by atoms with van der Waals surface area (Å²) in [6, 6.07) is 18.7. The molecule has 4 N–H and O–H groups in total. The smallest absolute Gasteiger partial charge is 0.407 e. The third-order valence-electron chi connectivity index (χ3n) is 4.60. The summed E-state index contributed by atoms with van der Waals surface area (Å²) in [6.07, 6.45) is -0.528. The fourth-order valence-corrected chi connectivity index (χ4v) is 3.51. The number of rotatable bonds is 9. The number of nitrogens with two attached hydrogens (primary N) is 1. The lowest BCUT2D eigenvalue weighted by atomic mass is 10.2. The largest absolute Gasteiger partial charge is 0.449 e. The molecule has 0 spiro atoms. The number of hydrogen-bond donors (Lipinski definition) is 3. The van der Waals surface area contributed by atoms with E-state index in [1.165, 1.54) is 11.3 Å². The summed E-state index contributed by atoms with van der Waals surface area (Å²) in [7, 11) is 3.89. The van der Waals surface area contributed by atoms with E-state index in [4.69, 9.17) is 10.5 Å². The molecule has 2 aromatic carbocycles. The van der Waals surface area contributed by atoms with E-state index in [0.717, 1.165) is 16.1 Å². The maximum Gasteiger partial charge on any atom is 0.407 e. The Morgan fingerprint density at radius 1 is 1.09 bits per heavy atom. The molecular formula is C24H27N5O3S. The van der Waals surface area contributed by atoms with Crippen LogP contribution in [0.2, 0.25) is 0 Å². The lowest BCUT2D eigenvalue weighted by molar-refractivity contribution is -0.116. The molecule has 0 atom stereocenters. The van der Waals surface area contributed by atoms with E-state index in [0.29, 0.717) is 17.2 Å². The van der Waals surface area contributed by atoms with Crippen molar-refractivity contribution in [2.75, 3.05) is 30.9 Å². The molecule has 0 saturated heterocycles. The molecule has 2 amide bonds. The molecule has 9 heteroatoms. The molecule has 8 nitrogen and oxygen atoms in total. The van der Waals surface area contributed by atoms with Crippen LogP contribution < -0.4 is 21.3 Å². The molecule has 0 aliphatic carbocycles. The minimum Gasteiger partial charge on any atom is -0.449 e. The van der Waals surface area contributed by atoms with Crippen molar-refractivity contribution >= 4 is 46.2 Å². The first kappa shape index (κ1) is 23.8. The molecule has 0 fully saturated rings. The second-order valence-electron chi connectivity index (χ2n) is 7.37. The number of carbonyl (C=O) groups excluding carboxylic acids is 2. The highest BCUT2D eigenvalue weighted by Crippen LogP contribution is 2.17. The Kier molecular flexibility index (Phi) is 8.43. The molecule has 1 heterocycles. The van der Waals surface area contributed by atoms with Crippen LogP contribution in [0.3, 0.4) is 0 Å². The van der Waals surface area contributed by atoms with Gasteiger partial charge in [-0.05, 0) is 53.4 Å². The van der Waals surface area contributed by atoms with Crippen LogP contribution in [-0.2, 0) is 16.1 Å². The molecule has 1 aromatic heterocycles. The topological polar surface area (TPSA) is 109 Å². The van der Waals surface area contributed by atoms with Gasteiger partial charge in [-0.3, -0.25) is 4.79 Å². The van der Waals surface area contributed by atoms with Crippen molar-refractivity contribution in [3.63, 3.8) is 0 Å². The first-order chi connectivity index (χ1) is 15.9. The van der Waals surface area contributed by atoms with Gasteiger partial charge in [-0.1, -0.05) is 18.2 Å². The minimum absolute atomic E-state index is 0.0187. The summed E-state index contributed by atoms with van der Waals surface area (Å²) < 4.78 is 5.10. The Bertz CT molecular complexity index is 1100. The van der Waals surface area contributed by atoms with E-state index in [2.05, 4.69) is 15.6 Å². The Labute approximate surface area is 197 Å². The number of benzene rings is 2. The van der Waals surface area contributed by atoms with Crippen LogP contribution in [0.15, 0.2) is 71.0 Å². The number of alkyl carbamates (subject to hydrolysis) is 1. The lowest BCUT2D eigenvalue weighted by Gasteiger charge is -2.13. The fraction of sp³-hybridized carbons (Fsp3) is 0.208. The number of thiophene rings is 1. The number of amides is 2. The average molecular weight is 466 g/mol. The number of nitrogens with zero attached hydrogens (tertiary/aromatic N) is 2. The maximum absolute atomic E-state index is 12.0. The third kappa shape index (κ3) is 7.65. The van der Waals surface area contributed by atoms with E-state index >= 15 is 0 Å². The molecule has 0 bridgehead atoms. The number of hydrogen-bond acceptors (Lipinski definition) is 6. The van der Waals surface area contributed by atoms with Crippen molar-refractivity contribution in [2.24, 2.45) is 10.7 Å². The van der Waals surface area contributed by atoms with Crippen molar-refractivity contribution in [3.8, 4) is 0 Å². The summed E-state index contributed by atoms with van der Waals surface area (Å²) in [6.45, 7) is 0.251. The van der Waals surface area contributed by atoms with Gasteiger partial charge in [-0.2, -0.15) is 0 Å². The number of aliphatic imine (C=N–C) groups is 1. The van der Waals surface area contributed by atoms with Gasteiger partial charge < -0.3 is 26.0 Å². The maximum atomic E-state index is 12.0. The molecule has 0 aliphatic heterocycles. The fourth-order valence-electron chi connectivity index (χ4n) is 2.88. The van der Waals surface area contributed by atoms with Crippen LogP contribution in [-0.4, -0.2) is 38.5 Å². The Hall–Kier alpha value is -3.85. The predicted molar refractivity (Wildman–Crippen MR) is 133 cm³/mol. The molecule has 3 aromatic rings. The first-order valence-corrected chi connectivity index (χ1v) is 11.2. The SMILES string of the molecule is CN(C)c1ccc(NC(=O)CCOC(=O)NCc2cccc(N=C(N)c3cccs3)c2)cc1. The number of amidine groups is 1. The zero-order valence-corrected chi connectivity index (χ0v) is 19.4. The van der Waals surface area contributed by atoms with Crippen LogP contribution in [0.25, 0.3) is 0 Å². The normalized spacial score (nSPS) is 11.0. The van der Waals surface area contributed by atoms with E-state index in [1.807, 2.05) is 85.0 Å². The highest BCUT2D eigenvalue weighted by Gasteiger charge is 2.07.